The molecule has 2 amide bonds. The van der Waals surface area contributed by atoms with Crippen LogP contribution in [-0.4, -0.2) is 52.8 Å². The van der Waals surface area contributed by atoms with Gasteiger partial charge < -0.3 is 16.8 Å². The Bertz CT molecular complexity index is 592. The van der Waals surface area contributed by atoms with Crippen LogP contribution < -0.4 is 16.8 Å². The van der Waals surface area contributed by atoms with Crippen LogP contribution in [0.1, 0.15) is 27.1 Å². The summed E-state index contributed by atoms with van der Waals surface area (Å²) in [5.41, 5.74) is 10.6. The zero-order valence-corrected chi connectivity index (χ0v) is 13.5. The lowest BCUT2D eigenvalue weighted by Gasteiger charge is -2.12. The third-order valence-corrected chi connectivity index (χ3v) is 4.92. The minimum atomic E-state index is -3.33. The van der Waals surface area contributed by atoms with Crippen molar-refractivity contribution in [2.45, 2.75) is 6.42 Å². The second-order valence-electron chi connectivity index (χ2n) is 5.03. The molecule has 8 nitrogen and oxygen atoms in total. The molecule has 0 spiro atoms. The summed E-state index contributed by atoms with van der Waals surface area (Å²) in [6, 6.07) is 5.95. The molecule has 0 radical (unpaired) electrons. The number of hydrogen-bond acceptors (Lipinski definition) is 6. The highest BCUT2D eigenvalue weighted by Crippen LogP contribution is 2.49. The number of rotatable bonds is 9. The highest BCUT2D eigenvalue weighted by atomic mass is 31.2. The quantitative estimate of drug-likeness (QED) is 0.372. The van der Waals surface area contributed by atoms with E-state index in [0.29, 0.717) is 13.0 Å². The van der Waals surface area contributed by atoms with Gasteiger partial charge in [0.1, 0.15) is 6.16 Å². The molecule has 9 heteroatoms. The molecule has 0 saturated heterocycles. The number of ketones is 1. The summed E-state index contributed by atoms with van der Waals surface area (Å²) in [5, 5.41) is 2.35. The van der Waals surface area contributed by atoms with Gasteiger partial charge in [-0.15, -0.1) is 0 Å². The van der Waals surface area contributed by atoms with Crippen LogP contribution in [0.5, 0.6) is 0 Å². The van der Waals surface area contributed by atoms with Crippen molar-refractivity contribution in [2.75, 3.05) is 25.4 Å². The topological polar surface area (TPSA) is 156 Å². The monoisotopic (exact) mass is 342 g/mol. The Kier molecular flexibility index (Phi) is 7.25. The van der Waals surface area contributed by atoms with E-state index >= 15 is 0 Å². The largest absolute Gasteiger partial charge is 0.366 e. The first-order valence-electron chi connectivity index (χ1n) is 6.98. The number of benzene rings is 1. The maximum Gasteiger partial charge on any atom is 0.275 e. The summed E-state index contributed by atoms with van der Waals surface area (Å²) < 4.78 is 0. The van der Waals surface area contributed by atoms with E-state index in [2.05, 4.69) is 5.32 Å². The van der Waals surface area contributed by atoms with Gasteiger partial charge in [-0.1, -0.05) is 12.1 Å². The summed E-state index contributed by atoms with van der Waals surface area (Å²) in [6.07, 6.45) is 0.0743. The summed E-state index contributed by atoms with van der Waals surface area (Å²) in [7, 11) is -3.33. The van der Waals surface area contributed by atoms with Crippen LogP contribution in [0.3, 0.4) is 0 Å². The summed E-state index contributed by atoms with van der Waals surface area (Å²) >= 11 is 0. The molecule has 0 unspecified atom stereocenters. The summed E-state index contributed by atoms with van der Waals surface area (Å²) in [4.78, 5) is 54.5. The molecule has 7 N–H and O–H groups in total. The number of carbonyl (C=O) groups excluding carboxylic acids is 3. The maximum atomic E-state index is 12.0. The molecule has 0 fully saturated rings. The molecule has 0 saturated carbocycles. The number of amides is 2. The highest BCUT2D eigenvalue weighted by molar-refractivity contribution is 7.65. The van der Waals surface area contributed by atoms with E-state index in [4.69, 9.17) is 11.5 Å². The number of Topliss-reactive ketones (excluding diaryl/α,β-unsaturated/α-hetero) is 1. The van der Waals surface area contributed by atoms with Crippen molar-refractivity contribution < 1.29 is 24.2 Å². The minimum absolute atomic E-state index is 0.0477. The van der Waals surface area contributed by atoms with Gasteiger partial charge in [-0.05, 0) is 25.1 Å². The van der Waals surface area contributed by atoms with E-state index in [1.807, 2.05) is 0 Å². The van der Waals surface area contributed by atoms with Gasteiger partial charge in [-0.2, -0.15) is 0 Å². The van der Waals surface area contributed by atoms with E-state index in [1.54, 1.807) is 12.1 Å². The molecule has 0 aromatic heterocycles. The summed E-state index contributed by atoms with van der Waals surface area (Å²) in [5.74, 6) is -1.89. The van der Waals surface area contributed by atoms with E-state index < -0.39 is 31.5 Å². The molecule has 126 valence electrons. The third-order valence-electron chi connectivity index (χ3n) is 3.03. The first-order chi connectivity index (χ1) is 10.8. The first kappa shape index (κ1) is 19.2. The average molecular weight is 342 g/mol. The molecular formula is C14H21N3O5P+. The molecule has 0 atom stereocenters. The fraction of sp³-hybridized carbons (Fsp3) is 0.357. The van der Waals surface area contributed by atoms with E-state index in [0.717, 1.165) is 0 Å². The molecule has 0 heterocycles. The van der Waals surface area contributed by atoms with Gasteiger partial charge in [-0.3, -0.25) is 14.4 Å². The molecule has 0 aliphatic carbocycles. The van der Waals surface area contributed by atoms with Crippen LogP contribution >= 0.6 is 7.72 Å². The Morgan fingerprint density at radius 3 is 2.30 bits per heavy atom. The smallest absolute Gasteiger partial charge is 0.275 e. The number of hydrogen-bond donors (Lipinski definition) is 5. The number of primary amides is 1. The predicted octanol–water partition coefficient (Wildman–Crippen LogP) is -0.735. The molecule has 0 aliphatic heterocycles. The van der Waals surface area contributed by atoms with Crippen molar-refractivity contribution in [2.24, 2.45) is 11.5 Å². The molecule has 0 bridgehead atoms. The minimum Gasteiger partial charge on any atom is -0.366 e. The SMILES string of the molecule is NCCC[P+](O)(O)CC(=O)CNC(=O)c1ccccc1C(N)=O. The van der Waals surface area contributed by atoms with Gasteiger partial charge in [0.15, 0.2) is 11.9 Å². The van der Waals surface area contributed by atoms with Crippen LogP contribution in [0.2, 0.25) is 0 Å². The molecular weight excluding hydrogens is 321 g/mol. The van der Waals surface area contributed by atoms with Gasteiger partial charge in [0.25, 0.3) is 13.6 Å². The van der Waals surface area contributed by atoms with Gasteiger partial charge in [0.2, 0.25) is 5.91 Å². The van der Waals surface area contributed by atoms with Crippen molar-refractivity contribution in [3.8, 4) is 0 Å². The number of nitrogens with one attached hydrogen (secondary N) is 1. The van der Waals surface area contributed by atoms with Crippen molar-refractivity contribution in [3.63, 3.8) is 0 Å². The van der Waals surface area contributed by atoms with Gasteiger partial charge in [-0.25, -0.2) is 9.79 Å². The number of nitrogens with two attached hydrogens (primary N) is 2. The second-order valence-corrected chi connectivity index (χ2v) is 7.55. The molecule has 1 aromatic carbocycles. The normalized spacial score (nSPS) is 11.1. The van der Waals surface area contributed by atoms with Crippen molar-refractivity contribution >= 4 is 25.3 Å². The maximum absolute atomic E-state index is 12.0. The van der Waals surface area contributed by atoms with Crippen LogP contribution in [0.4, 0.5) is 0 Å². The van der Waals surface area contributed by atoms with Crippen LogP contribution in [0.15, 0.2) is 24.3 Å². The van der Waals surface area contributed by atoms with Crippen LogP contribution in [-0.2, 0) is 4.79 Å². The predicted molar refractivity (Wildman–Crippen MR) is 87.1 cm³/mol. The molecule has 1 aromatic rings. The zero-order valence-electron chi connectivity index (χ0n) is 12.6. The molecule has 1 rings (SSSR count). The molecule has 23 heavy (non-hydrogen) atoms. The van der Waals surface area contributed by atoms with E-state index in [1.165, 1.54) is 12.1 Å². The summed E-state index contributed by atoms with van der Waals surface area (Å²) in [6.45, 7) is -0.0604. The van der Waals surface area contributed by atoms with Crippen molar-refractivity contribution in [1.29, 1.82) is 0 Å². The second kappa shape index (κ2) is 8.69. The Labute approximate surface area is 134 Å². The lowest BCUT2D eigenvalue weighted by atomic mass is 10.1. The lowest BCUT2D eigenvalue weighted by Crippen LogP contribution is -2.33. The standard InChI is InChI=1S/C14H20N3O5P/c15-6-3-7-23(21,22)9-10(18)8-17-14(20)12-5-2-1-4-11(12)13(16)19/h1-2,4-5,21-22H,3,6-9,15H2,(H2-,16,17,19,20)/p+1. The molecule has 0 aliphatic rings. The fourth-order valence-electron chi connectivity index (χ4n) is 1.93. The Balaban J connectivity index is 2.60. The van der Waals surface area contributed by atoms with E-state index in [-0.39, 0.29) is 23.8 Å². The highest BCUT2D eigenvalue weighted by Gasteiger charge is 2.35. The average Bonchev–Trinajstić information content (AvgIpc) is 2.50. The van der Waals surface area contributed by atoms with Gasteiger partial charge in [0, 0.05) is 0 Å². The van der Waals surface area contributed by atoms with Gasteiger partial charge in [0.05, 0.1) is 17.7 Å². The van der Waals surface area contributed by atoms with Crippen LogP contribution in [0.25, 0.3) is 0 Å². The van der Waals surface area contributed by atoms with Crippen LogP contribution in [0, 0.1) is 0 Å². The first-order valence-corrected chi connectivity index (χ1v) is 9.04. The Morgan fingerprint density at radius 1 is 1.13 bits per heavy atom. The Hall–Kier alpha value is -1.86. The Morgan fingerprint density at radius 2 is 1.74 bits per heavy atom. The zero-order chi connectivity index (χ0) is 17.5. The third kappa shape index (κ3) is 6.42. The van der Waals surface area contributed by atoms with Crippen molar-refractivity contribution in [3.05, 3.63) is 35.4 Å². The number of carbonyl (C=O) groups is 3. The van der Waals surface area contributed by atoms with Crippen molar-refractivity contribution in [1.82, 2.24) is 5.32 Å². The van der Waals surface area contributed by atoms with E-state index in [9.17, 15) is 24.2 Å². The fourth-order valence-corrected chi connectivity index (χ4v) is 3.46. The van der Waals surface area contributed by atoms with Gasteiger partial charge >= 0.3 is 0 Å². The lowest BCUT2D eigenvalue weighted by molar-refractivity contribution is -0.115.